The maximum Gasteiger partial charge on any atom is 0.253 e. The maximum atomic E-state index is 13.2. The highest BCUT2D eigenvalue weighted by atomic mass is 32.2. The highest BCUT2D eigenvalue weighted by Gasteiger charge is 2.27. The topological polar surface area (TPSA) is 84.3 Å². The molecule has 1 N–H and O–H groups in total. The van der Waals surface area contributed by atoms with Crippen molar-refractivity contribution in [1.29, 1.82) is 0 Å². The van der Waals surface area contributed by atoms with E-state index in [4.69, 9.17) is 0 Å². The van der Waals surface area contributed by atoms with Gasteiger partial charge in [-0.1, -0.05) is 37.3 Å². The number of carbonyl (C=O) groups excluding carboxylic acids is 1. The zero-order valence-electron chi connectivity index (χ0n) is 22.7. The zero-order chi connectivity index (χ0) is 28.0. The summed E-state index contributed by atoms with van der Waals surface area (Å²) < 4.78 is 40.5. The molecule has 3 aromatic rings. The molecule has 208 valence electrons. The number of anilines is 2. The molecule has 0 bridgehead atoms. The minimum Gasteiger partial charge on any atom is -0.309 e. The molecule has 1 heterocycles. The molecule has 1 aliphatic carbocycles. The molecule has 0 spiro atoms. The van der Waals surface area contributed by atoms with Gasteiger partial charge in [0.1, 0.15) is 0 Å². The third-order valence-electron chi connectivity index (χ3n) is 6.90. The van der Waals surface area contributed by atoms with Crippen molar-refractivity contribution in [1.82, 2.24) is 9.78 Å². The van der Waals surface area contributed by atoms with Gasteiger partial charge < -0.3 is 4.90 Å². The number of sulfonamides is 1. The molecule has 0 radical (unpaired) electrons. The van der Waals surface area contributed by atoms with Crippen molar-refractivity contribution in [3.63, 3.8) is 0 Å². The quantitative estimate of drug-likeness (QED) is 0.196. The number of unbranched alkanes of at least 4 members (excludes halogenated alkanes) is 2. The number of amides is 1. The lowest BCUT2D eigenvalue weighted by atomic mass is 10.0. The molecule has 1 aliphatic rings. The third kappa shape index (κ3) is 8.02. The van der Waals surface area contributed by atoms with E-state index in [2.05, 4.69) is 22.5 Å². The summed E-state index contributed by atoms with van der Waals surface area (Å²) >= 11 is 0. The predicted octanol–water partition coefficient (Wildman–Crippen LogP) is 6.00. The molecular formula is C30H37FN4O3S. The molecule has 7 nitrogen and oxygen atoms in total. The molecule has 1 saturated carbocycles. The van der Waals surface area contributed by atoms with Crippen LogP contribution in [0.4, 0.5) is 15.8 Å². The lowest BCUT2D eigenvalue weighted by Gasteiger charge is -2.24. The molecule has 0 unspecified atom stereocenters. The molecule has 2 aromatic carbocycles. The summed E-state index contributed by atoms with van der Waals surface area (Å²) in [6, 6.07) is 16.9. The summed E-state index contributed by atoms with van der Waals surface area (Å²) in [6.07, 6.45) is 7.23. The Bertz CT molecular complexity index is 1410. The Balaban J connectivity index is 1.42. The summed E-state index contributed by atoms with van der Waals surface area (Å²) in [5, 5.41) is 4.66. The van der Waals surface area contributed by atoms with E-state index in [0.29, 0.717) is 18.2 Å². The average Bonchev–Trinajstić information content (AvgIpc) is 3.67. The molecule has 4 rings (SSSR count). The van der Waals surface area contributed by atoms with Gasteiger partial charge in [-0.3, -0.25) is 18.6 Å². The van der Waals surface area contributed by atoms with Gasteiger partial charge in [0.05, 0.1) is 18.6 Å². The summed E-state index contributed by atoms with van der Waals surface area (Å²) in [4.78, 5) is 14.9. The lowest BCUT2D eigenvalue weighted by Crippen LogP contribution is -2.33. The van der Waals surface area contributed by atoms with Gasteiger partial charge in [0, 0.05) is 48.6 Å². The zero-order valence-corrected chi connectivity index (χ0v) is 23.5. The van der Waals surface area contributed by atoms with Gasteiger partial charge in [0.15, 0.2) is 0 Å². The molecule has 39 heavy (non-hydrogen) atoms. The standard InChI is InChI=1S/C30H37FN4O3S/c1-22(17-18-31)30(36)35(19-6-4-5-9-27-21-29(24-11-12-24)34(2)32-27)28-10-7-8-25(20-28)23-13-15-26(16-14-23)33-39(3,37)38/h7-8,10,13-16,20-21,24,33H,1,4-6,9,11-12,17-19H2,2-3H3. The van der Waals surface area contributed by atoms with Crippen LogP contribution in [-0.4, -0.2) is 43.6 Å². The van der Waals surface area contributed by atoms with E-state index in [1.165, 1.54) is 18.5 Å². The SMILES string of the molecule is C=C(CCF)C(=O)N(CCCCCc1cc(C2CC2)n(C)n1)c1cccc(-c2ccc(NS(C)(=O)=O)cc2)c1. The van der Waals surface area contributed by atoms with Crippen LogP contribution in [0.5, 0.6) is 0 Å². The van der Waals surface area contributed by atoms with Crippen molar-refractivity contribution in [3.05, 3.63) is 78.1 Å². The highest BCUT2D eigenvalue weighted by Crippen LogP contribution is 2.40. The second-order valence-corrected chi connectivity index (χ2v) is 12.0. The molecule has 9 heteroatoms. The predicted molar refractivity (Wildman–Crippen MR) is 155 cm³/mol. The van der Waals surface area contributed by atoms with Crippen LogP contribution in [0, 0.1) is 0 Å². The fourth-order valence-electron chi connectivity index (χ4n) is 4.74. The average molecular weight is 553 g/mol. The molecule has 0 aliphatic heterocycles. The van der Waals surface area contributed by atoms with Crippen LogP contribution in [0.15, 0.2) is 66.7 Å². The van der Waals surface area contributed by atoms with Gasteiger partial charge in [-0.2, -0.15) is 5.10 Å². The molecule has 1 fully saturated rings. The third-order valence-corrected chi connectivity index (χ3v) is 7.51. The number of hydrogen-bond donors (Lipinski definition) is 1. The maximum absolute atomic E-state index is 13.2. The molecule has 1 aromatic heterocycles. The number of aromatic nitrogens is 2. The van der Waals surface area contributed by atoms with E-state index in [0.717, 1.165) is 54.4 Å². The molecule has 0 saturated heterocycles. The Morgan fingerprint density at radius 1 is 1.10 bits per heavy atom. The van der Waals surface area contributed by atoms with Crippen molar-refractivity contribution in [2.45, 2.75) is 50.9 Å². The fourth-order valence-corrected chi connectivity index (χ4v) is 5.30. The Morgan fingerprint density at radius 3 is 2.51 bits per heavy atom. The van der Waals surface area contributed by atoms with E-state index >= 15 is 0 Å². The first-order valence-corrected chi connectivity index (χ1v) is 15.3. The van der Waals surface area contributed by atoms with Crippen LogP contribution in [-0.2, 0) is 28.3 Å². The number of aryl methyl sites for hydroxylation is 2. The summed E-state index contributed by atoms with van der Waals surface area (Å²) in [5.41, 5.74) is 5.66. The monoisotopic (exact) mass is 552 g/mol. The first kappa shape index (κ1) is 28.5. The van der Waals surface area contributed by atoms with E-state index in [1.807, 2.05) is 48.1 Å². The van der Waals surface area contributed by atoms with Gasteiger partial charge in [-0.05, 0) is 73.6 Å². The number of halogens is 1. The fraction of sp³-hybridized carbons (Fsp3) is 0.400. The Morgan fingerprint density at radius 2 is 1.85 bits per heavy atom. The minimum atomic E-state index is -3.36. The molecule has 1 amide bonds. The van der Waals surface area contributed by atoms with E-state index in [-0.39, 0.29) is 17.9 Å². The van der Waals surface area contributed by atoms with Crippen LogP contribution in [0.3, 0.4) is 0 Å². The number of hydrogen-bond acceptors (Lipinski definition) is 4. The van der Waals surface area contributed by atoms with Crippen LogP contribution >= 0.6 is 0 Å². The van der Waals surface area contributed by atoms with Crippen molar-refractivity contribution < 1.29 is 17.6 Å². The Hall–Kier alpha value is -3.46. The van der Waals surface area contributed by atoms with Crippen molar-refractivity contribution in [2.75, 3.05) is 29.1 Å². The Labute approximate surface area is 230 Å². The number of carbonyl (C=O) groups is 1. The van der Waals surface area contributed by atoms with Gasteiger partial charge in [-0.15, -0.1) is 0 Å². The van der Waals surface area contributed by atoms with Gasteiger partial charge in [-0.25, -0.2) is 8.42 Å². The largest absolute Gasteiger partial charge is 0.309 e. The van der Waals surface area contributed by atoms with E-state index < -0.39 is 16.7 Å². The van der Waals surface area contributed by atoms with Gasteiger partial charge >= 0.3 is 0 Å². The summed E-state index contributed by atoms with van der Waals surface area (Å²) in [5.74, 6) is 0.405. The molecular weight excluding hydrogens is 515 g/mol. The smallest absolute Gasteiger partial charge is 0.253 e. The first-order valence-electron chi connectivity index (χ1n) is 13.4. The van der Waals surface area contributed by atoms with E-state index in [1.54, 1.807) is 17.0 Å². The number of nitrogens with one attached hydrogen (secondary N) is 1. The lowest BCUT2D eigenvalue weighted by molar-refractivity contribution is -0.115. The number of benzene rings is 2. The minimum absolute atomic E-state index is 0.00677. The summed E-state index contributed by atoms with van der Waals surface area (Å²) in [6.45, 7) is 3.70. The molecule has 0 atom stereocenters. The van der Waals surface area contributed by atoms with Gasteiger partial charge in [0.25, 0.3) is 5.91 Å². The Kier molecular flexibility index (Phi) is 9.22. The normalized spacial score (nSPS) is 13.3. The van der Waals surface area contributed by atoms with Crippen LogP contribution in [0.25, 0.3) is 11.1 Å². The second-order valence-electron chi connectivity index (χ2n) is 10.3. The number of nitrogens with zero attached hydrogens (tertiary/aromatic N) is 3. The van der Waals surface area contributed by atoms with E-state index in [9.17, 15) is 17.6 Å². The van der Waals surface area contributed by atoms with Crippen molar-refractivity contribution in [2.24, 2.45) is 7.05 Å². The van der Waals surface area contributed by atoms with Gasteiger partial charge in [0.2, 0.25) is 10.0 Å². The highest BCUT2D eigenvalue weighted by molar-refractivity contribution is 7.92. The number of rotatable bonds is 14. The van der Waals surface area contributed by atoms with Crippen LogP contribution in [0.1, 0.15) is 55.8 Å². The van der Waals surface area contributed by atoms with Crippen molar-refractivity contribution in [3.8, 4) is 11.1 Å². The first-order chi connectivity index (χ1) is 18.6. The van der Waals surface area contributed by atoms with Crippen LogP contribution in [0.2, 0.25) is 0 Å². The second kappa shape index (κ2) is 12.6. The summed E-state index contributed by atoms with van der Waals surface area (Å²) in [7, 11) is -1.35. The van der Waals surface area contributed by atoms with Crippen LogP contribution < -0.4 is 9.62 Å². The van der Waals surface area contributed by atoms with Crippen molar-refractivity contribution >= 4 is 27.3 Å². The number of alkyl halides is 1.